The van der Waals surface area contributed by atoms with Crippen LogP contribution in [0, 0.1) is 0 Å². The molecule has 0 aliphatic heterocycles. The average molecular weight is 254 g/mol. The third kappa shape index (κ3) is 3.96. The highest BCUT2D eigenvalue weighted by atomic mass is 16.4. The minimum atomic E-state index is -0.922. The standard InChI is InChI=1S/C15H14N2O2/c18-15(19)12-17(14-9-5-2-6-10-14)16-11-13-7-3-1-4-8-13/h1-11H,12H2,(H,18,19). The fourth-order valence-electron chi connectivity index (χ4n) is 1.60. The topological polar surface area (TPSA) is 52.9 Å². The summed E-state index contributed by atoms with van der Waals surface area (Å²) in [5.41, 5.74) is 1.67. The van der Waals surface area contributed by atoms with Crippen LogP contribution in [0.1, 0.15) is 5.56 Å². The molecule has 2 rings (SSSR count). The number of benzene rings is 2. The van der Waals surface area contributed by atoms with Gasteiger partial charge in [0.2, 0.25) is 0 Å². The molecule has 0 fully saturated rings. The van der Waals surface area contributed by atoms with E-state index in [1.165, 1.54) is 5.01 Å². The van der Waals surface area contributed by atoms with Gasteiger partial charge in [-0.1, -0.05) is 48.5 Å². The lowest BCUT2D eigenvalue weighted by molar-refractivity contribution is -0.135. The van der Waals surface area contributed by atoms with E-state index in [-0.39, 0.29) is 6.54 Å². The summed E-state index contributed by atoms with van der Waals surface area (Å²) in [4.78, 5) is 10.9. The second kappa shape index (κ2) is 6.35. The van der Waals surface area contributed by atoms with Crippen LogP contribution in [0.2, 0.25) is 0 Å². The fourth-order valence-corrected chi connectivity index (χ4v) is 1.60. The van der Waals surface area contributed by atoms with Gasteiger partial charge in [0, 0.05) is 0 Å². The zero-order valence-electron chi connectivity index (χ0n) is 10.3. The van der Waals surface area contributed by atoms with Crippen molar-refractivity contribution in [3.63, 3.8) is 0 Å². The molecule has 2 aromatic carbocycles. The fraction of sp³-hybridized carbons (Fsp3) is 0.0667. The highest BCUT2D eigenvalue weighted by Gasteiger charge is 2.08. The predicted octanol–water partition coefficient (Wildman–Crippen LogP) is 2.61. The van der Waals surface area contributed by atoms with Crippen molar-refractivity contribution in [2.24, 2.45) is 5.10 Å². The number of hydrazone groups is 1. The third-order valence-electron chi connectivity index (χ3n) is 2.49. The Morgan fingerprint density at radius 1 is 1.05 bits per heavy atom. The van der Waals surface area contributed by atoms with Crippen molar-refractivity contribution in [2.75, 3.05) is 11.6 Å². The zero-order chi connectivity index (χ0) is 13.5. The summed E-state index contributed by atoms with van der Waals surface area (Å²) in [6.45, 7) is -0.173. The molecule has 4 nitrogen and oxygen atoms in total. The normalized spacial score (nSPS) is 10.5. The molecule has 0 heterocycles. The van der Waals surface area contributed by atoms with Gasteiger partial charge in [0.25, 0.3) is 0 Å². The van der Waals surface area contributed by atoms with Gasteiger partial charge in [0.15, 0.2) is 0 Å². The highest BCUT2D eigenvalue weighted by molar-refractivity contribution is 5.81. The van der Waals surface area contributed by atoms with Crippen LogP contribution in [-0.4, -0.2) is 23.8 Å². The van der Waals surface area contributed by atoms with E-state index in [4.69, 9.17) is 5.11 Å². The number of carbonyl (C=O) groups is 1. The van der Waals surface area contributed by atoms with Gasteiger partial charge in [-0.25, -0.2) is 0 Å². The van der Waals surface area contributed by atoms with E-state index in [0.717, 1.165) is 11.3 Å². The van der Waals surface area contributed by atoms with E-state index in [0.29, 0.717) is 0 Å². The molecule has 0 amide bonds. The van der Waals surface area contributed by atoms with Crippen molar-refractivity contribution in [2.45, 2.75) is 0 Å². The number of anilines is 1. The lowest BCUT2D eigenvalue weighted by Crippen LogP contribution is -2.24. The van der Waals surface area contributed by atoms with Crippen LogP contribution in [0.4, 0.5) is 5.69 Å². The second-order valence-corrected chi connectivity index (χ2v) is 3.94. The van der Waals surface area contributed by atoms with Gasteiger partial charge in [-0.2, -0.15) is 5.10 Å². The lowest BCUT2D eigenvalue weighted by Gasteiger charge is -2.16. The zero-order valence-corrected chi connectivity index (χ0v) is 10.3. The van der Waals surface area contributed by atoms with Crippen molar-refractivity contribution in [3.05, 3.63) is 66.2 Å². The molecule has 0 aliphatic rings. The predicted molar refractivity (Wildman–Crippen MR) is 75.5 cm³/mol. The Morgan fingerprint density at radius 2 is 1.63 bits per heavy atom. The quantitative estimate of drug-likeness (QED) is 0.659. The van der Waals surface area contributed by atoms with Gasteiger partial charge in [-0.05, 0) is 17.7 Å². The maximum Gasteiger partial charge on any atom is 0.325 e. The van der Waals surface area contributed by atoms with Crippen molar-refractivity contribution >= 4 is 17.9 Å². The average Bonchev–Trinajstić information content (AvgIpc) is 2.45. The molecular formula is C15H14N2O2. The van der Waals surface area contributed by atoms with Crippen LogP contribution in [-0.2, 0) is 4.79 Å². The van der Waals surface area contributed by atoms with E-state index in [9.17, 15) is 4.79 Å². The summed E-state index contributed by atoms with van der Waals surface area (Å²) in [5.74, 6) is -0.922. The van der Waals surface area contributed by atoms with Crippen LogP contribution in [0.3, 0.4) is 0 Å². The molecule has 1 N–H and O–H groups in total. The second-order valence-electron chi connectivity index (χ2n) is 3.94. The van der Waals surface area contributed by atoms with Gasteiger partial charge >= 0.3 is 5.97 Å². The Bertz CT molecular complexity index is 553. The van der Waals surface area contributed by atoms with Crippen molar-refractivity contribution in [1.82, 2.24) is 0 Å². The molecule has 96 valence electrons. The molecule has 2 aromatic rings. The van der Waals surface area contributed by atoms with Crippen molar-refractivity contribution in [3.8, 4) is 0 Å². The molecule has 0 saturated heterocycles. The molecule has 0 bridgehead atoms. The van der Waals surface area contributed by atoms with Crippen LogP contribution in [0.25, 0.3) is 0 Å². The van der Waals surface area contributed by atoms with Crippen molar-refractivity contribution in [1.29, 1.82) is 0 Å². The SMILES string of the molecule is O=C(O)CN(N=Cc1ccccc1)c1ccccc1. The number of carboxylic acids is 1. The lowest BCUT2D eigenvalue weighted by atomic mass is 10.2. The van der Waals surface area contributed by atoms with E-state index in [2.05, 4.69) is 5.10 Å². The summed E-state index contributed by atoms with van der Waals surface area (Å²) in [5, 5.41) is 14.6. The first-order chi connectivity index (χ1) is 9.25. The number of carboxylic acid groups (broad SMARTS) is 1. The van der Waals surface area contributed by atoms with Gasteiger partial charge in [0.05, 0.1) is 11.9 Å². The largest absolute Gasteiger partial charge is 0.480 e. The van der Waals surface area contributed by atoms with Gasteiger partial charge in [0.1, 0.15) is 6.54 Å². The number of para-hydroxylation sites is 1. The molecule has 0 aromatic heterocycles. The number of hydrogen-bond donors (Lipinski definition) is 1. The van der Waals surface area contributed by atoms with Crippen molar-refractivity contribution < 1.29 is 9.90 Å². The molecule has 0 atom stereocenters. The smallest absolute Gasteiger partial charge is 0.325 e. The number of hydrogen-bond acceptors (Lipinski definition) is 3. The molecule has 0 spiro atoms. The maximum atomic E-state index is 10.9. The number of rotatable bonds is 5. The van der Waals surface area contributed by atoms with Crippen LogP contribution in [0.15, 0.2) is 65.8 Å². The highest BCUT2D eigenvalue weighted by Crippen LogP contribution is 2.13. The number of nitrogens with zero attached hydrogens (tertiary/aromatic N) is 2. The Labute approximate surface area is 111 Å². The first-order valence-electron chi connectivity index (χ1n) is 5.89. The summed E-state index contributed by atoms with van der Waals surface area (Å²) in [6.07, 6.45) is 1.65. The van der Waals surface area contributed by atoms with Crippen LogP contribution < -0.4 is 5.01 Å². The molecular weight excluding hydrogens is 240 g/mol. The Hall–Kier alpha value is -2.62. The Balaban J connectivity index is 2.19. The molecule has 0 saturated carbocycles. The van der Waals surface area contributed by atoms with Gasteiger partial charge in [-0.15, -0.1) is 0 Å². The molecule has 0 radical (unpaired) electrons. The molecule has 0 aliphatic carbocycles. The van der Waals surface area contributed by atoms with E-state index in [1.807, 2.05) is 60.7 Å². The summed E-state index contributed by atoms with van der Waals surface area (Å²) < 4.78 is 0. The summed E-state index contributed by atoms with van der Waals surface area (Å²) >= 11 is 0. The van der Waals surface area contributed by atoms with Crippen LogP contribution >= 0.6 is 0 Å². The minimum Gasteiger partial charge on any atom is -0.480 e. The Morgan fingerprint density at radius 3 is 2.21 bits per heavy atom. The summed E-state index contributed by atoms with van der Waals surface area (Å²) in [6, 6.07) is 18.8. The van der Waals surface area contributed by atoms with Gasteiger partial charge < -0.3 is 5.11 Å². The van der Waals surface area contributed by atoms with E-state index in [1.54, 1.807) is 6.21 Å². The first-order valence-corrected chi connectivity index (χ1v) is 5.89. The number of aliphatic carboxylic acids is 1. The molecule has 0 unspecified atom stereocenters. The van der Waals surface area contributed by atoms with E-state index < -0.39 is 5.97 Å². The van der Waals surface area contributed by atoms with Crippen LogP contribution in [0.5, 0.6) is 0 Å². The van der Waals surface area contributed by atoms with Gasteiger partial charge in [-0.3, -0.25) is 9.80 Å². The molecule has 19 heavy (non-hydrogen) atoms. The maximum absolute atomic E-state index is 10.9. The monoisotopic (exact) mass is 254 g/mol. The summed E-state index contributed by atoms with van der Waals surface area (Å²) in [7, 11) is 0. The molecule has 4 heteroatoms. The first kappa shape index (κ1) is 12.8. The third-order valence-corrected chi connectivity index (χ3v) is 2.49. The minimum absolute atomic E-state index is 0.173. The Kier molecular flexibility index (Phi) is 4.29. The van der Waals surface area contributed by atoms with E-state index >= 15 is 0 Å².